The summed E-state index contributed by atoms with van der Waals surface area (Å²) in [6.45, 7) is 5.61. The van der Waals surface area contributed by atoms with Crippen molar-refractivity contribution in [3.63, 3.8) is 0 Å². The van der Waals surface area contributed by atoms with Gasteiger partial charge in [0.15, 0.2) is 5.82 Å². The smallest absolute Gasteiger partial charge is 0.309 e. The molecule has 0 bridgehead atoms. The van der Waals surface area contributed by atoms with Crippen LogP contribution in [0.4, 0.5) is 0 Å². The van der Waals surface area contributed by atoms with Crippen LogP contribution in [0.5, 0.6) is 5.75 Å². The number of H-pyrrole nitrogens is 1. The lowest BCUT2D eigenvalue weighted by molar-refractivity contribution is -0.151. The molecule has 2 heterocycles. The molecule has 1 fully saturated rings. The van der Waals surface area contributed by atoms with Gasteiger partial charge in [0.25, 0.3) is 5.56 Å². The molecule has 1 saturated heterocycles. The Kier molecular flexibility index (Phi) is 7.75. The number of benzene rings is 1. The number of amides is 1. The summed E-state index contributed by atoms with van der Waals surface area (Å²) in [5.41, 5.74) is 0.558. The number of esters is 1. The fraction of sp³-hybridized carbons (Fsp3) is 0.500. The number of carbonyl (C=O) groups is 2. The molecule has 1 amide bonds. The first-order valence-electron chi connectivity index (χ1n) is 10.6. The fourth-order valence-corrected chi connectivity index (χ4v) is 3.56. The minimum atomic E-state index is -0.361. The normalized spacial score (nSPS) is 14.3. The van der Waals surface area contributed by atoms with Crippen molar-refractivity contribution in [2.75, 3.05) is 26.3 Å². The van der Waals surface area contributed by atoms with E-state index in [0.717, 1.165) is 0 Å². The lowest BCUT2D eigenvalue weighted by atomic mass is 9.96. The zero-order chi connectivity index (χ0) is 22.2. The Labute approximate surface area is 180 Å². The summed E-state index contributed by atoms with van der Waals surface area (Å²) in [6, 6.07) is 7.24. The minimum absolute atomic E-state index is 0.0583. The molecule has 0 saturated carbocycles. The summed E-state index contributed by atoms with van der Waals surface area (Å²) >= 11 is 0. The molecule has 31 heavy (non-hydrogen) atoms. The Balaban J connectivity index is 1.55. The van der Waals surface area contributed by atoms with E-state index in [-0.39, 0.29) is 41.9 Å². The maximum absolute atomic E-state index is 12.5. The molecule has 1 aromatic heterocycles. The maximum atomic E-state index is 12.5. The molecule has 1 N–H and O–H groups in total. The SMILES string of the molecule is CCOC(=O)C1CCN(C(=O)CCc2nnc(-c3cccc(OCC)c3)[nH]c2=O)CC1. The predicted octanol–water partition coefficient (Wildman–Crippen LogP) is 1.96. The third kappa shape index (κ3) is 5.90. The molecular formula is C22H28N4O5. The maximum Gasteiger partial charge on any atom is 0.309 e. The van der Waals surface area contributed by atoms with Crippen molar-refractivity contribution in [2.24, 2.45) is 5.92 Å². The van der Waals surface area contributed by atoms with E-state index >= 15 is 0 Å². The minimum Gasteiger partial charge on any atom is -0.494 e. The van der Waals surface area contributed by atoms with Gasteiger partial charge in [-0.2, -0.15) is 0 Å². The van der Waals surface area contributed by atoms with Crippen LogP contribution in [0.3, 0.4) is 0 Å². The summed E-state index contributed by atoms with van der Waals surface area (Å²) in [5, 5.41) is 8.15. The summed E-state index contributed by atoms with van der Waals surface area (Å²) in [4.78, 5) is 41.2. The second-order valence-electron chi connectivity index (χ2n) is 7.32. The second kappa shape index (κ2) is 10.7. The van der Waals surface area contributed by atoms with Crippen LogP contribution in [0, 0.1) is 5.92 Å². The summed E-state index contributed by atoms with van der Waals surface area (Å²) in [5.74, 6) is 0.637. The van der Waals surface area contributed by atoms with Crippen molar-refractivity contribution in [1.82, 2.24) is 20.1 Å². The van der Waals surface area contributed by atoms with Crippen LogP contribution >= 0.6 is 0 Å². The van der Waals surface area contributed by atoms with Crippen molar-refractivity contribution in [3.05, 3.63) is 40.3 Å². The number of hydrogen-bond donors (Lipinski definition) is 1. The molecule has 3 rings (SSSR count). The molecule has 0 unspecified atom stereocenters. The Morgan fingerprint density at radius 1 is 1.16 bits per heavy atom. The van der Waals surface area contributed by atoms with Gasteiger partial charge in [-0.15, -0.1) is 10.2 Å². The molecule has 9 heteroatoms. The van der Waals surface area contributed by atoms with Gasteiger partial charge in [0.1, 0.15) is 11.4 Å². The van der Waals surface area contributed by atoms with E-state index in [9.17, 15) is 14.4 Å². The number of nitrogens with one attached hydrogen (secondary N) is 1. The average Bonchev–Trinajstić information content (AvgIpc) is 2.78. The summed E-state index contributed by atoms with van der Waals surface area (Å²) in [6.07, 6.45) is 1.57. The molecule has 0 spiro atoms. The number of ether oxygens (including phenoxy) is 2. The fourth-order valence-electron chi connectivity index (χ4n) is 3.56. The van der Waals surface area contributed by atoms with Gasteiger partial charge < -0.3 is 19.4 Å². The first kappa shape index (κ1) is 22.5. The standard InChI is InChI=1S/C22H28N4O5/c1-3-30-17-7-5-6-16(14-17)20-23-21(28)18(24-25-20)8-9-19(27)26-12-10-15(11-13-26)22(29)31-4-2/h5-7,14-15H,3-4,8-13H2,1-2H3,(H,23,25,28). The van der Waals surface area contributed by atoms with Gasteiger partial charge in [-0.1, -0.05) is 12.1 Å². The number of carbonyl (C=O) groups excluding carboxylic acids is 2. The van der Waals surface area contributed by atoms with E-state index in [0.29, 0.717) is 56.3 Å². The topological polar surface area (TPSA) is 114 Å². The van der Waals surface area contributed by atoms with Crippen molar-refractivity contribution < 1.29 is 19.1 Å². The highest BCUT2D eigenvalue weighted by molar-refractivity contribution is 5.77. The third-order valence-electron chi connectivity index (χ3n) is 5.23. The van der Waals surface area contributed by atoms with Gasteiger partial charge in [-0.25, -0.2) is 0 Å². The lowest BCUT2D eigenvalue weighted by Crippen LogP contribution is -2.40. The molecule has 2 aromatic rings. The zero-order valence-electron chi connectivity index (χ0n) is 17.9. The molecule has 1 aliphatic heterocycles. The highest BCUT2D eigenvalue weighted by Gasteiger charge is 2.28. The van der Waals surface area contributed by atoms with E-state index < -0.39 is 0 Å². The van der Waals surface area contributed by atoms with Crippen LogP contribution in [0.2, 0.25) is 0 Å². The predicted molar refractivity (Wildman–Crippen MR) is 114 cm³/mol. The van der Waals surface area contributed by atoms with Crippen molar-refractivity contribution in [1.29, 1.82) is 0 Å². The zero-order valence-corrected chi connectivity index (χ0v) is 17.9. The van der Waals surface area contributed by atoms with E-state index in [4.69, 9.17) is 9.47 Å². The van der Waals surface area contributed by atoms with Crippen LogP contribution < -0.4 is 10.3 Å². The molecule has 0 radical (unpaired) electrons. The average molecular weight is 428 g/mol. The number of piperidine rings is 1. The Morgan fingerprint density at radius 3 is 2.61 bits per heavy atom. The number of aromatic nitrogens is 3. The van der Waals surface area contributed by atoms with Gasteiger partial charge in [0.2, 0.25) is 5.91 Å². The van der Waals surface area contributed by atoms with Gasteiger partial charge in [-0.3, -0.25) is 14.4 Å². The van der Waals surface area contributed by atoms with Gasteiger partial charge >= 0.3 is 5.97 Å². The number of aromatic amines is 1. The number of hydrogen-bond acceptors (Lipinski definition) is 7. The Morgan fingerprint density at radius 2 is 1.94 bits per heavy atom. The lowest BCUT2D eigenvalue weighted by Gasteiger charge is -2.30. The van der Waals surface area contributed by atoms with Gasteiger partial charge in [-0.05, 0) is 38.8 Å². The number of rotatable bonds is 8. The van der Waals surface area contributed by atoms with Crippen LogP contribution in [0.15, 0.2) is 29.1 Å². The Bertz CT molecular complexity index is 966. The summed E-state index contributed by atoms with van der Waals surface area (Å²) < 4.78 is 10.5. The first-order valence-corrected chi connectivity index (χ1v) is 10.6. The highest BCUT2D eigenvalue weighted by Crippen LogP contribution is 2.21. The van der Waals surface area contributed by atoms with Gasteiger partial charge in [0.05, 0.1) is 19.1 Å². The largest absolute Gasteiger partial charge is 0.494 e. The molecule has 166 valence electrons. The molecule has 9 nitrogen and oxygen atoms in total. The van der Waals surface area contributed by atoms with E-state index in [2.05, 4.69) is 15.2 Å². The van der Waals surface area contributed by atoms with Crippen LogP contribution in [-0.2, 0) is 20.7 Å². The van der Waals surface area contributed by atoms with Crippen molar-refractivity contribution >= 4 is 11.9 Å². The van der Waals surface area contributed by atoms with Crippen molar-refractivity contribution in [2.45, 2.75) is 39.5 Å². The molecule has 0 atom stereocenters. The highest BCUT2D eigenvalue weighted by atomic mass is 16.5. The first-order chi connectivity index (χ1) is 15.0. The summed E-state index contributed by atoms with van der Waals surface area (Å²) in [7, 11) is 0. The van der Waals surface area contributed by atoms with Gasteiger partial charge in [0, 0.05) is 31.5 Å². The number of likely N-dealkylation sites (tertiary alicyclic amines) is 1. The third-order valence-corrected chi connectivity index (χ3v) is 5.23. The van der Waals surface area contributed by atoms with E-state index in [1.54, 1.807) is 17.9 Å². The Hall–Kier alpha value is -3.23. The molecular weight excluding hydrogens is 400 g/mol. The molecule has 0 aliphatic carbocycles. The molecule has 1 aliphatic rings. The number of aryl methyl sites for hydroxylation is 1. The monoisotopic (exact) mass is 428 g/mol. The second-order valence-corrected chi connectivity index (χ2v) is 7.32. The number of nitrogens with zero attached hydrogens (tertiary/aromatic N) is 3. The van der Waals surface area contributed by atoms with E-state index in [1.807, 2.05) is 25.1 Å². The van der Waals surface area contributed by atoms with E-state index in [1.165, 1.54) is 0 Å². The van der Waals surface area contributed by atoms with Crippen LogP contribution in [0.25, 0.3) is 11.4 Å². The molecule has 1 aromatic carbocycles. The quantitative estimate of drug-likeness (QED) is 0.639. The van der Waals surface area contributed by atoms with Crippen molar-refractivity contribution in [3.8, 4) is 17.1 Å². The van der Waals surface area contributed by atoms with Crippen LogP contribution in [-0.4, -0.2) is 58.3 Å². The van der Waals surface area contributed by atoms with Crippen LogP contribution in [0.1, 0.15) is 38.8 Å².